The van der Waals surface area contributed by atoms with Crippen LogP contribution < -0.4 is 15.4 Å². The monoisotopic (exact) mass is 411 g/mol. The fourth-order valence-electron chi connectivity index (χ4n) is 2.71. The zero-order valence-corrected chi connectivity index (χ0v) is 16.2. The Labute approximate surface area is 172 Å². The quantitative estimate of drug-likeness (QED) is 0.466. The molecule has 156 valence electrons. The molecule has 0 spiro atoms. The molecule has 0 aliphatic heterocycles. The summed E-state index contributed by atoms with van der Waals surface area (Å²) in [5, 5.41) is 32.7. The zero-order chi connectivity index (χ0) is 22.1. The lowest BCUT2D eigenvalue weighted by atomic mass is 10.0. The number of carboxylic acid groups (broad SMARTS) is 2. The maximum atomic E-state index is 12.1. The van der Waals surface area contributed by atoms with Crippen LogP contribution >= 0.6 is 0 Å². The van der Waals surface area contributed by atoms with Crippen LogP contribution in [0.2, 0.25) is 0 Å². The Morgan fingerprint density at radius 2 is 1.80 bits per heavy atom. The van der Waals surface area contributed by atoms with Gasteiger partial charge in [-0.05, 0) is 48.4 Å². The highest BCUT2D eigenvalue weighted by Gasteiger charge is 2.21. The molecule has 1 atom stereocenters. The third-order valence-corrected chi connectivity index (χ3v) is 4.20. The molecule has 0 heterocycles. The largest absolute Gasteiger partial charge is 0.495 e. The van der Waals surface area contributed by atoms with Gasteiger partial charge in [-0.3, -0.25) is 9.59 Å². The fourth-order valence-corrected chi connectivity index (χ4v) is 2.71. The highest BCUT2D eigenvalue weighted by atomic mass is 16.5. The Morgan fingerprint density at radius 1 is 1.10 bits per heavy atom. The number of rotatable bonds is 10. The van der Waals surface area contributed by atoms with Crippen molar-refractivity contribution in [2.75, 3.05) is 17.7 Å². The second-order valence-corrected chi connectivity index (χ2v) is 6.36. The number of nitriles is 1. The van der Waals surface area contributed by atoms with E-state index in [-0.39, 0.29) is 24.9 Å². The van der Waals surface area contributed by atoms with Crippen LogP contribution in [-0.4, -0.2) is 35.2 Å². The molecule has 2 aromatic carbocycles. The molecule has 0 radical (unpaired) electrons. The smallest absolute Gasteiger partial charge is 0.330 e. The van der Waals surface area contributed by atoms with Gasteiger partial charge in [0.2, 0.25) is 5.91 Å². The standard InChI is InChI=1S/C21H21N3O6/c1-30-17-10-7-14(11-16(17)24-18(25)3-2-4-19(26)27)20(21(28)29)23-15-8-5-13(12-22)6-9-15/h5-11,20,23H,2-4H2,1H3,(H,24,25)(H,26,27)(H,28,29). The van der Waals surface area contributed by atoms with Gasteiger partial charge in [0.15, 0.2) is 6.04 Å². The van der Waals surface area contributed by atoms with Crippen LogP contribution in [0.25, 0.3) is 0 Å². The van der Waals surface area contributed by atoms with E-state index in [1.54, 1.807) is 36.4 Å². The lowest BCUT2D eigenvalue weighted by Gasteiger charge is -2.18. The summed E-state index contributed by atoms with van der Waals surface area (Å²) in [5.74, 6) is -2.18. The summed E-state index contributed by atoms with van der Waals surface area (Å²) in [7, 11) is 1.42. The maximum absolute atomic E-state index is 12.1. The molecule has 30 heavy (non-hydrogen) atoms. The number of nitrogens with one attached hydrogen (secondary N) is 2. The number of hydrogen-bond donors (Lipinski definition) is 4. The van der Waals surface area contributed by atoms with Crippen molar-refractivity contribution in [3.8, 4) is 11.8 Å². The number of hydrogen-bond acceptors (Lipinski definition) is 6. The average Bonchev–Trinajstić information content (AvgIpc) is 2.72. The minimum absolute atomic E-state index is 0.00549. The molecule has 0 aliphatic carbocycles. The molecule has 0 fully saturated rings. The lowest BCUT2D eigenvalue weighted by molar-refractivity contribution is -0.138. The van der Waals surface area contributed by atoms with Gasteiger partial charge in [0.1, 0.15) is 5.75 Å². The molecule has 1 amide bonds. The molecular formula is C21H21N3O6. The zero-order valence-electron chi connectivity index (χ0n) is 16.2. The summed E-state index contributed by atoms with van der Waals surface area (Å²) in [5.41, 5.74) is 1.61. The average molecular weight is 411 g/mol. The number of carboxylic acids is 2. The van der Waals surface area contributed by atoms with Crippen LogP contribution in [0.3, 0.4) is 0 Å². The van der Waals surface area contributed by atoms with E-state index < -0.39 is 23.9 Å². The van der Waals surface area contributed by atoms with E-state index in [1.165, 1.54) is 13.2 Å². The van der Waals surface area contributed by atoms with Crippen molar-refractivity contribution >= 4 is 29.2 Å². The van der Waals surface area contributed by atoms with Gasteiger partial charge in [-0.25, -0.2) is 4.79 Å². The van der Waals surface area contributed by atoms with Crippen LogP contribution in [0.4, 0.5) is 11.4 Å². The summed E-state index contributed by atoms with van der Waals surface area (Å²) < 4.78 is 5.22. The van der Waals surface area contributed by atoms with Crippen molar-refractivity contribution < 1.29 is 29.3 Å². The molecular weight excluding hydrogens is 390 g/mol. The molecule has 0 saturated carbocycles. The summed E-state index contributed by atoms with van der Waals surface area (Å²) in [6.45, 7) is 0. The molecule has 4 N–H and O–H groups in total. The fraction of sp³-hybridized carbons (Fsp3) is 0.238. The molecule has 0 aliphatic rings. The van der Waals surface area contributed by atoms with E-state index in [4.69, 9.17) is 15.1 Å². The number of anilines is 2. The third kappa shape index (κ3) is 6.24. The number of amides is 1. The number of aliphatic carboxylic acids is 2. The number of carbonyl (C=O) groups is 3. The number of ether oxygens (including phenoxy) is 1. The first-order valence-electron chi connectivity index (χ1n) is 9.03. The summed E-state index contributed by atoms with van der Waals surface area (Å²) >= 11 is 0. The summed E-state index contributed by atoms with van der Waals surface area (Å²) in [4.78, 5) is 34.5. The Hall–Kier alpha value is -4.06. The molecule has 2 aromatic rings. The number of benzene rings is 2. The number of carbonyl (C=O) groups excluding carboxylic acids is 1. The molecule has 0 bridgehead atoms. The molecule has 0 saturated heterocycles. The Kier molecular flexibility index (Phi) is 7.76. The lowest BCUT2D eigenvalue weighted by Crippen LogP contribution is -2.21. The number of methoxy groups -OCH3 is 1. The molecule has 9 heteroatoms. The summed E-state index contributed by atoms with van der Waals surface area (Å²) in [6, 6.07) is 11.8. The Bertz CT molecular complexity index is 966. The van der Waals surface area contributed by atoms with Gasteiger partial charge in [0.25, 0.3) is 0 Å². The first kappa shape index (κ1) is 22.2. The topological polar surface area (TPSA) is 149 Å². The van der Waals surface area contributed by atoms with Crippen molar-refractivity contribution in [1.29, 1.82) is 5.26 Å². The molecule has 0 aromatic heterocycles. The van der Waals surface area contributed by atoms with Gasteiger partial charge < -0.3 is 25.6 Å². The van der Waals surface area contributed by atoms with Gasteiger partial charge in [-0.15, -0.1) is 0 Å². The van der Waals surface area contributed by atoms with E-state index in [0.717, 1.165) is 0 Å². The first-order chi connectivity index (χ1) is 14.3. The van der Waals surface area contributed by atoms with Crippen molar-refractivity contribution in [3.05, 3.63) is 53.6 Å². The molecule has 2 rings (SSSR count). The van der Waals surface area contributed by atoms with Crippen LogP contribution in [0.5, 0.6) is 5.75 Å². The predicted molar refractivity (Wildman–Crippen MR) is 108 cm³/mol. The maximum Gasteiger partial charge on any atom is 0.330 e. The van der Waals surface area contributed by atoms with Gasteiger partial charge >= 0.3 is 11.9 Å². The second-order valence-electron chi connectivity index (χ2n) is 6.36. The SMILES string of the molecule is COc1ccc(C(Nc2ccc(C#N)cc2)C(=O)O)cc1NC(=O)CCCC(=O)O. The van der Waals surface area contributed by atoms with E-state index in [1.807, 2.05) is 6.07 Å². The van der Waals surface area contributed by atoms with Crippen molar-refractivity contribution in [2.45, 2.75) is 25.3 Å². The minimum atomic E-state index is -1.14. The van der Waals surface area contributed by atoms with Crippen LogP contribution in [0.15, 0.2) is 42.5 Å². The van der Waals surface area contributed by atoms with Crippen LogP contribution in [0, 0.1) is 11.3 Å². The van der Waals surface area contributed by atoms with E-state index in [2.05, 4.69) is 10.6 Å². The first-order valence-corrected chi connectivity index (χ1v) is 9.03. The van der Waals surface area contributed by atoms with Gasteiger partial charge in [-0.1, -0.05) is 6.07 Å². The van der Waals surface area contributed by atoms with Crippen LogP contribution in [0.1, 0.15) is 36.4 Å². The second kappa shape index (κ2) is 10.5. The molecule has 1 unspecified atom stereocenters. The van der Waals surface area contributed by atoms with Crippen molar-refractivity contribution in [3.63, 3.8) is 0 Å². The minimum Gasteiger partial charge on any atom is -0.495 e. The Morgan fingerprint density at radius 3 is 2.37 bits per heavy atom. The van der Waals surface area contributed by atoms with Crippen LogP contribution in [-0.2, 0) is 14.4 Å². The van der Waals surface area contributed by atoms with Gasteiger partial charge in [-0.2, -0.15) is 5.26 Å². The highest BCUT2D eigenvalue weighted by molar-refractivity contribution is 5.93. The van der Waals surface area contributed by atoms with E-state index >= 15 is 0 Å². The highest BCUT2D eigenvalue weighted by Crippen LogP contribution is 2.30. The van der Waals surface area contributed by atoms with Crippen molar-refractivity contribution in [1.82, 2.24) is 0 Å². The summed E-state index contributed by atoms with van der Waals surface area (Å²) in [6.07, 6.45) is 0.0624. The van der Waals surface area contributed by atoms with E-state index in [9.17, 15) is 19.5 Å². The van der Waals surface area contributed by atoms with E-state index in [0.29, 0.717) is 22.6 Å². The Balaban J connectivity index is 2.22. The predicted octanol–water partition coefficient (Wildman–Crippen LogP) is 3.00. The number of nitrogens with zero attached hydrogens (tertiary/aromatic N) is 1. The van der Waals surface area contributed by atoms with Gasteiger partial charge in [0.05, 0.1) is 24.4 Å². The van der Waals surface area contributed by atoms with Crippen molar-refractivity contribution in [2.24, 2.45) is 0 Å². The normalized spacial score (nSPS) is 11.1. The molecule has 9 nitrogen and oxygen atoms in total. The third-order valence-electron chi connectivity index (χ3n) is 4.20. The van der Waals surface area contributed by atoms with Gasteiger partial charge in [0, 0.05) is 18.5 Å².